The van der Waals surface area contributed by atoms with Gasteiger partial charge < -0.3 is 10.2 Å². The molecule has 0 aromatic heterocycles. The maximum atomic E-state index is 11.6. The average Bonchev–Trinajstić information content (AvgIpc) is 2.20. The van der Waals surface area contributed by atoms with E-state index in [2.05, 4.69) is 12.2 Å². The number of nitrogens with zero attached hydrogens (tertiary/aromatic N) is 1. The van der Waals surface area contributed by atoms with Crippen LogP contribution in [0.2, 0.25) is 0 Å². The standard InChI is InChI=1S/C11H22N2O/c1-4-13(3)11(14)12-10-8-6-5-7-9(10)2/h9-10H,4-8H2,1-3H3,(H,12,14). The second-order valence-electron chi connectivity index (χ2n) is 4.33. The summed E-state index contributed by atoms with van der Waals surface area (Å²) in [6, 6.07) is 0.469. The van der Waals surface area contributed by atoms with Gasteiger partial charge in [-0.25, -0.2) is 4.79 Å². The minimum atomic E-state index is 0.0752. The van der Waals surface area contributed by atoms with E-state index in [0.717, 1.165) is 13.0 Å². The van der Waals surface area contributed by atoms with Crippen molar-refractivity contribution < 1.29 is 4.79 Å². The first kappa shape index (κ1) is 11.3. The van der Waals surface area contributed by atoms with Gasteiger partial charge in [-0.1, -0.05) is 19.8 Å². The summed E-state index contributed by atoms with van der Waals surface area (Å²) in [5.74, 6) is 0.637. The lowest BCUT2D eigenvalue weighted by atomic mass is 9.86. The summed E-state index contributed by atoms with van der Waals surface area (Å²) in [7, 11) is 1.84. The predicted molar refractivity (Wildman–Crippen MR) is 58.3 cm³/mol. The van der Waals surface area contributed by atoms with Crippen LogP contribution in [0, 0.1) is 5.92 Å². The minimum Gasteiger partial charge on any atom is -0.335 e. The molecule has 1 fully saturated rings. The Balaban J connectivity index is 2.38. The molecule has 1 N–H and O–H groups in total. The molecular weight excluding hydrogens is 176 g/mol. The highest BCUT2D eigenvalue weighted by molar-refractivity contribution is 5.74. The smallest absolute Gasteiger partial charge is 0.317 e. The zero-order chi connectivity index (χ0) is 10.6. The molecule has 0 heterocycles. The zero-order valence-corrected chi connectivity index (χ0v) is 9.55. The van der Waals surface area contributed by atoms with Gasteiger partial charge in [0.05, 0.1) is 0 Å². The van der Waals surface area contributed by atoms with Crippen LogP contribution in [0.15, 0.2) is 0 Å². The van der Waals surface area contributed by atoms with Crippen molar-refractivity contribution in [1.29, 1.82) is 0 Å². The van der Waals surface area contributed by atoms with Crippen molar-refractivity contribution in [3.63, 3.8) is 0 Å². The van der Waals surface area contributed by atoms with Crippen molar-refractivity contribution in [2.24, 2.45) is 5.92 Å². The number of hydrogen-bond donors (Lipinski definition) is 1. The highest BCUT2D eigenvalue weighted by atomic mass is 16.2. The fraction of sp³-hybridized carbons (Fsp3) is 0.909. The Morgan fingerprint density at radius 3 is 2.64 bits per heavy atom. The minimum absolute atomic E-state index is 0.0752. The number of amides is 2. The second-order valence-corrected chi connectivity index (χ2v) is 4.33. The summed E-state index contributed by atoms with van der Waals surface area (Å²) in [6.07, 6.45) is 4.97. The molecule has 0 aliphatic heterocycles. The van der Waals surface area contributed by atoms with Crippen LogP contribution in [-0.4, -0.2) is 30.6 Å². The van der Waals surface area contributed by atoms with Crippen LogP contribution < -0.4 is 5.32 Å². The van der Waals surface area contributed by atoms with E-state index < -0.39 is 0 Å². The summed E-state index contributed by atoms with van der Waals surface area (Å²) < 4.78 is 0. The van der Waals surface area contributed by atoms with E-state index >= 15 is 0 Å². The monoisotopic (exact) mass is 198 g/mol. The number of hydrogen-bond acceptors (Lipinski definition) is 1. The van der Waals surface area contributed by atoms with E-state index in [1.54, 1.807) is 4.90 Å². The van der Waals surface area contributed by atoms with Crippen molar-refractivity contribution in [2.45, 2.75) is 45.6 Å². The number of urea groups is 1. The van der Waals surface area contributed by atoms with Crippen LogP contribution in [0.1, 0.15) is 39.5 Å². The first-order valence-corrected chi connectivity index (χ1v) is 5.66. The van der Waals surface area contributed by atoms with Gasteiger partial charge in [0.1, 0.15) is 0 Å². The van der Waals surface area contributed by atoms with Gasteiger partial charge in [-0.15, -0.1) is 0 Å². The summed E-state index contributed by atoms with van der Waals surface area (Å²) in [5, 5.41) is 3.11. The van der Waals surface area contributed by atoms with Crippen molar-refractivity contribution in [3.05, 3.63) is 0 Å². The maximum absolute atomic E-state index is 11.6. The molecule has 2 atom stereocenters. The van der Waals surface area contributed by atoms with Crippen LogP contribution in [0.3, 0.4) is 0 Å². The Bertz CT molecular complexity index is 194. The Kier molecular flexibility index (Phi) is 4.23. The molecule has 14 heavy (non-hydrogen) atoms. The Labute approximate surface area is 86.9 Å². The summed E-state index contributed by atoms with van der Waals surface area (Å²) >= 11 is 0. The lowest BCUT2D eigenvalue weighted by molar-refractivity contribution is 0.194. The highest BCUT2D eigenvalue weighted by Crippen LogP contribution is 2.23. The summed E-state index contributed by atoms with van der Waals surface area (Å²) in [4.78, 5) is 13.3. The molecule has 0 bridgehead atoms. The molecule has 3 heteroatoms. The van der Waals surface area contributed by atoms with Crippen molar-refractivity contribution >= 4 is 6.03 Å². The number of rotatable bonds is 2. The second kappa shape index (κ2) is 5.23. The molecular formula is C11H22N2O. The highest BCUT2D eigenvalue weighted by Gasteiger charge is 2.23. The largest absolute Gasteiger partial charge is 0.335 e. The number of nitrogens with one attached hydrogen (secondary N) is 1. The van der Waals surface area contributed by atoms with E-state index in [1.165, 1.54) is 19.3 Å². The maximum Gasteiger partial charge on any atom is 0.317 e. The third-order valence-corrected chi connectivity index (χ3v) is 3.24. The van der Waals surface area contributed by atoms with Gasteiger partial charge >= 0.3 is 6.03 Å². The average molecular weight is 198 g/mol. The van der Waals surface area contributed by atoms with Crippen LogP contribution in [-0.2, 0) is 0 Å². The number of carbonyl (C=O) groups is 1. The molecule has 2 amide bonds. The van der Waals surface area contributed by atoms with Gasteiger partial charge in [0.25, 0.3) is 0 Å². The molecule has 1 rings (SSSR count). The topological polar surface area (TPSA) is 32.3 Å². The lowest BCUT2D eigenvalue weighted by Gasteiger charge is -2.31. The fourth-order valence-corrected chi connectivity index (χ4v) is 1.94. The van der Waals surface area contributed by atoms with Gasteiger partial charge in [-0.05, 0) is 25.7 Å². The fourth-order valence-electron chi connectivity index (χ4n) is 1.94. The van der Waals surface area contributed by atoms with E-state index in [1.807, 2.05) is 14.0 Å². The van der Waals surface area contributed by atoms with Crippen LogP contribution in [0.4, 0.5) is 4.79 Å². The molecule has 2 unspecified atom stereocenters. The van der Waals surface area contributed by atoms with Crippen molar-refractivity contribution in [3.8, 4) is 0 Å². The molecule has 1 aliphatic rings. The molecule has 1 aliphatic carbocycles. The Hall–Kier alpha value is -0.730. The quantitative estimate of drug-likeness (QED) is 0.725. The van der Waals surface area contributed by atoms with E-state index in [-0.39, 0.29) is 6.03 Å². The van der Waals surface area contributed by atoms with E-state index in [4.69, 9.17) is 0 Å². The lowest BCUT2D eigenvalue weighted by Crippen LogP contribution is -2.46. The predicted octanol–water partition coefficient (Wildman–Crippen LogP) is 2.23. The Morgan fingerprint density at radius 2 is 2.07 bits per heavy atom. The molecule has 3 nitrogen and oxygen atoms in total. The van der Waals surface area contributed by atoms with Gasteiger partial charge in [0, 0.05) is 19.6 Å². The molecule has 0 radical (unpaired) electrons. The van der Waals surface area contributed by atoms with Gasteiger partial charge in [0.15, 0.2) is 0 Å². The molecule has 0 aromatic rings. The van der Waals surface area contributed by atoms with Crippen LogP contribution >= 0.6 is 0 Å². The van der Waals surface area contributed by atoms with Crippen molar-refractivity contribution in [1.82, 2.24) is 10.2 Å². The first-order valence-electron chi connectivity index (χ1n) is 5.66. The normalized spacial score (nSPS) is 27.1. The van der Waals surface area contributed by atoms with Crippen LogP contribution in [0.5, 0.6) is 0 Å². The molecule has 0 saturated heterocycles. The Morgan fingerprint density at radius 1 is 1.43 bits per heavy atom. The summed E-state index contributed by atoms with van der Waals surface area (Å²) in [5.41, 5.74) is 0. The third-order valence-electron chi connectivity index (χ3n) is 3.24. The van der Waals surface area contributed by atoms with E-state index in [9.17, 15) is 4.79 Å². The van der Waals surface area contributed by atoms with E-state index in [0.29, 0.717) is 12.0 Å². The third kappa shape index (κ3) is 2.89. The molecule has 0 spiro atoms. The SMILES string of the molecule is CCN(C)C(=O)NC1CCCCC1C. The number of carbonyl (C=O) groups excluding carboxylic acids is 1. The zero-order valence-electron chi connectivity index (χ0n) is 9.55. The summed E-state index contributed by atoms with van der Waals surface area (Å²) in [6.45, 7) is 4.99. The van der Waals surface area contributed by atoms with Gasteiger partial charge in [-0.2, -0.15) is 0 Å². The van der Waals surface area contributed by atoms with Crippen molar-refractivity contribution in [2.75, 3.05) is 13.6 Å². The molecule has 82 valence electrons. The van der Waals surface area contributed by atoms with Crippen LogP contribution in [0.25, 0.3) is 0 Å². The molecule has 1 saturated carbocycles. The van der Waals surface area contributed by atoms with Gasteiger partial charge in [0.2, 0.25) is 0 Å². The first-order chi connectivity index (χ1) is 6.65. The molecule has 0 aromatic carbocycles. The van der Waals surface area contributed by atoms with Gasteiger partial charge in [-0.3, -0.25) is 0 Å².